The van der Waals surface area contributed by atoms with Gasteiger partial charge in [0.05, 0.1) is 0 Å². The Kier molecular flexibility index (Phi) is 3.01. The highest BCUT2D eigenvalue weighted by molar-refractivity contribution is 4.76. The number of rotatable bonds is 3. The summed E-state index contributed by atoms with van der Waals surface area (Å²) in [4.78, 5) is 0. The van der Waals surface area contributed by atoms with Crippen LogP contribution in [0.25, 0.3) is 0 Å². The first kappa shape index (κ1) is 7.03. The van der Waals surface area contributed by atoms with E-state index in [2.05, 4.69) is 17.6 Å². The van der Waals surface area contributed by atoms with Crippen molar-refractivity contribution in [1.29, 1.82) is 0 Å². The molecule has 1 atom stereocenters. The first-order valence-electron chi connectivity index (χ1n) is 3.81. The standard InChI is InChI=1S/C7H15N2/c1-2-4-9-7-3-5-8-6-7/h7-8H,2-6H2,1H3. The lowest BCUT2D eigenvalue weighted by Gasteiger charge is -2.05. The first-order chi connectivity index (χ1) is 4.43. The average Bonchev–Trinajstić information content (AvgIpc) is 2.34. The van der Waals surface area contributed by atoms with E-state index in [4.69, 9.17) is 0 Å². The van der Waals surface area contributed by atoms with Crippen LogP contribution in [0.5, 0.6) is 0 Å². The van der Waals surface area contributed by atoms with Crippen molar-refractivity contribution < 1.29 is 0 Å². The second kappa shape index (κ2) is 3.85. The molecule has 0 amide bonds. The average molecular weight is 127 g/mol. The van der Waals surface area contributed by atoms with Crippen LogP contribution in [0, 0.1) is 0 Å². The van der Waals surface area contributed by atoms with E-state index < -0.39 is 0 Å². The fourth-order valence-corrected chi connectivity index (χ4v) is 1.11. The van der Waals surface area contributed by atoms with Gasteiger partial charge < -0.3 is 5.32 Å². The van der Waals surface area contributed by atoms with Crippen LogP contribution in [0.3, 0.4) is 0 Å². The van der Waals surface area contributed by atoms with Gasteiger partial charge in [-0.2, -0.15) is 0 Å². The normalized spacial score (nSPS) is 27.0. The van der Waals surface area contributed by atoms with Crippen LogP contribution in [0.1, 0.15) is 19.8 Å². The van der Waals surface area contributed by atoms with Crippen molar-refractivity contribution in [2.75, 3.05) is 19.6 Å². The van der Waals surface area contributed by atoms with Crippen molar-refractivity contribution in [3.05, 3.63) is 0 Å². The van der Waals surface area contributed by atoms with Crippen LogP contribution in [-0.2, 0) is 0 Å². The highest BCUT2D eigenvalue weighted by Gasteiger charge is 2.12. The van der Waals surface area contributed by atoms with Crippen molar-refractivity contribution in [3.63, 3.8) is 0 Å². The molecule has 0 aliphatic carbocycles. The summed E-state index contributed by atoms with van der Waals surface area (Å²) in [6.07, 6.45) is 2.44. The molecule has 0 aromatic carbocycles. The molecule has 1 fully saturated rings. The number of hydrogen-bond donors (Lipinski definition) is 1. The Morgan fingerprint density at radius 3 is 3.11 bits per heavy atom. The van der Waals surface area contributed by atoms with Crippen LogP contribution in [-0.4, -0.2) is 25.7 Å². The summed E-state index contributed by atoms with van der Waals surface area (Å²) in [7, 11) is 0. The molecule has 1 aliphatic heterocycles. The molecule has 2 nitrogen and oxygen atoms in total. The molecule has 9 heavy (non-hydrogen) atoms. The maximum absolute atomic E-state index is 4.48. The Morgan fingerprint density at radius 2 is 2.56 bits per heavy atom. The van der Waals surface area contributed by atoms with Crippen LogP contribution < -0.4 is 10.6 Å². The number of nitrogens with one attached hydrogen (secondary N) is 1. The SMILES string of the molecule is CCC[N]C1CCNC1. The molecule has 1 heterocycles. The third-order valence-electron chi connectivity index (χ3n) is 1.65. The van der Waals surface area contributed by atoms with E-state index in [1.807, 2.05) is 0 Å². The van der Waals surface area contributed by atoms with Crippen molar-refractivity contribution in [2.45, 2.75) is 25.8 Å². The molecular formula is C7H15N2. The Hall–Kier alpha value is -0.0800. The van der Waals surface area contributed by atoms with Gasteiger partial charge in [-0.05, 0) is 19.4 Å². The van der Waals surface area contributed by atoms with E-state index >= 15 is 0 Å². The smallest absolute Gasteiger partial charge is 0.0382 e. The fourth-order valence-electron chi connectivity index (χ4n) is 1.11. The molecule has 2 heteroatoms. The molecule has 0 bridgehead atoms. The highest BCUT2D eigenvalue weighted by atomic mass is 15.0. The minimum absolute atomic E-state index is 0.630. The van der Waals surface area contributed by atoms with Gasteiger partial charge in [0.2, 0.25) is 0 Å². The van der Waals surface area contributed by atoms with Crippen LogP contribution in [0.15, 0.2) is 0 Å². The van der Waals surface area contributed by atoms with Crippen LogP contribution >= 0.6 is 0 Å². The molecule has 0 aromatic rings. The predicted octanol–water partition coefficient (Wildman–Crippen LogP) is 0.363. The minimum Gasteiger partial charge on any atom is -0.315 e. The van der Waals surface area contributed by atoms with Crippen molar-refractivity contribution in [1.82, 2.24) is 10.6 Å². The van der Waals surface area contributed by atoms with Gasteiger partial charge in [0, 0.05) is 19.1 Å². The van der Waals surface area contributed by atoms with Gasteiger partial charge in [-0.15, -0.1) is 0 Å². The molecule has 53 valence electrons. The van der Waals surface area contributed by atoms with Crippen molar-refractivity contribution in [2.24, 2.45) is 0 Å². The van der Waals surface area contributed by atoms with Gasteiger partial charge in [-0.25, -0.2) is 5.32 Å². The lowest BCUT2D eigenvalue weighted by molar-refractivity contribution is 0.533. The molecular weight excluding hydrogens is 112 g/mol. The minimum atomic E-state index is 0.630. The monoisotopic (exact) mass is 127 g/mol. The third kappa shape index (κ3) is 2.33. The molecule has 1 rings (SSSR count). The zero-order valence-corrected chi connectivity index (χ0v) is 6.06. The summed E-state index contributed by atoms with van der Waals surface area (Å²) in [5.41, 5.74) is 0. The zero-order valence-electron chi connectivity index (χ0n) is 6.06. The molecule has 1 saturated heterocycles. The van der Waals surface area contributed by atoms with Crippen LogP contribution in [0.4, 0.5) is 0 Å². The van der Waals surface area contributed by atoms with E-state index in [9.17, 15) is 0 Å². The second-order valence-electron chi connectivity index (χ2n) is 2.55. The van der Waals surface area contributed by atoms with Gasteiger partial charge in [-0.3, -0.25) is 0 Å². The van der Waals surface area contributed by atoms with Gasteiger partial charge in [0.15, 0.2) is 0 Å². The predicted molar refractivity (Wildman–Crippen MR) is 38.6 cm³/mol. The molecule has 1 N–H and O–H groups in total. The van der Waals surface area contributed by atoms with Gasteiger partial charge in [0.25, 0.3) is 0 Å². The Labute approximate surface area is 57.0 Å². The molecule has 1 aliphatic rings. The van der Waals surface area contributed by atoms with Gasteiger partial charge in [-0.1, -0.05) is 6.92 Å². The molecule has 1 radical (unpaired) electrons. The van der Waals surface area contributed by atoms with E-state index in [1.165, 1.54) is 12.8 Å². The molecule has 0 spiro atoms. The van der Waals surface area contributed by atoms with Gasteiger partial charge >= 0.3 is 0 Å². The van der Waals surface area contributed by atoms with Crippen molar-refractivity contribution in [3.8, 4) is 0 Å². The summed E-state index contributed by atoms with van der Waals surface area (Å²) in [5.74, 6) is 0. The summed E-state index contributed by atoms with van der Waals surface area (Å²) >= 11 is 0. The van der Waals surface area contributed by atoms with Crippen LogP contribution in [0.2, 0.25) is 0 Å². The topological polar surface area (TPSA) is 26.1 Å². The van der Waals surface area contributed by atoms with E-state index in [1.54, 1.807) is 0 Å². The summed E-state index contributed by atoms with van der Waals surface area (Å²) in [5, 5.41) is 7.77. The number of nitrogens with zero attached hydrogens (tertiary/aromatic N) is 1. The molecule has 0 saturated carbocycles. The maximum atomic E-state index is 4.48. The number of hydrogen-bond acceptors (Lipinski definition) is 1. The summed E-state index contributed by atoms with van der Waals surface area (Å²) < 4.78 is 0. The third-order valence-corrected chi connectivity index (χ3v) is 1.65. The van der Waals surface area contributed by atoms with E-state index in [0.29, 0.717) is 6.04 Å². The summed E-state index contributed by atoms with van der Waals surface area (Å²) in [6.45, 7) is 5.50. The maximum Gasteiger partial charge on any atom is 0.0382 e. The quantitative estimate of drug-likeness (QED) is 0.582. The second-order valence-corrected chi connectivity index (χ2v) is 2.55. The lowest BCUT2D eigenvalue weighted by Crippen LogP contribution is -2.24. The fraction of sp³-hybridized carbons (Fsp3) is 1.00. The lowest BCUT2D eigenvalue weighted by atomic mass is 10.2. The molecule has 0 aromatic heterocycles. The van der Waals surface area contributed by atoms with Crippen molar-refractivity contribution >= 4 is 0 Å². The summed E-state index contributed by atoms with van der Waals surface area (Å²) in [6, 6.07) is 0.630. The molecule has 1 unspecified atom stereocenters. The highest BCUT2D eigenvalue weighted by Crippen LogP contribution is 1.97. The Bertz CT molecular complexity index is 67.3. The van der Waals surface area contributed by atoms with E-state index in [-0.39, 0.29) is 0 Å². The zero-order chi connectivity index (χ0) is 6.53. The van der Waals surface area contributed by atoms with Gasteiger partial charge in [0.1, 0.15) is 0 Å². The van der Waals surface area contributed by atoms with E-state index in [0.717, 1.165) is 19.6 Å². The Morgan fingerprint density at radius 1 is 1.67 bits per heavy atom. The Balaban J connectivity index is 1.98. The largest absolute Gasteiger partial charge is 0.315 e. The first-order valence-corrected chi connectivity index (χ1v) is 3.81.